The molecular formula is C18H28N2O4. The second kappa shape index (κ2) is 12.1. The molecule has 1 unspecified atom stereocenters. The van der Waals surface area contributed by atoms with Crippen LogP contribution >= 0.6 is 0 Å². The average molecular weight is 336 g/mol. The molecule has 134 valence electrons. The third-order valence-corrected chi connectivity index (χ3v) is 3.09. The number of carboxylic acids is 1. The molecule has 0 aliphatic heterocycles. The minimum Gasteiger partial charge on any atom is -0.480 e. The summed E-state index contributed by atoms with van der Waals surface area (Å²) in [6, 6.07) is 9.55. The molecule has 0 saturated carbocycles. The molecule has 1 atom stereocenters. The average Bonchev–Trinajstić information content (AvgIpc) is 2.53. The van der Waals surface area contributed by atoms with E-state index in [-0.39, 0.29) is 18.4 Å². The number of amides is 2. The van der Waals surface area contributed by atoms with Gasteiger partial charge in [-0.1, -0.05) is 51.1 Å². The van der Waals surface area contributed by atoms with E-state index in [1.54, 1.807) is 0 Å². The quantitative estimate of drug-likeness (QED) is 0.709. The highest BCUT2D eigenvalue weighted by Gasteiger charge is 2.20. The first-order valence-corrected chi connectivity index (χ1v) is 8.06. The van der Waals surface area contributed by atoms with Crippen molar-refractivity contribution in [3.8, 4) is 0 Å². The Hall–Kier alpha value is -2.37. The van der Waals surface area contributed by atoms with E-state index in [0.29, 0.717) is 6.42 Å². The number of carbonyl (C=O) groups excluding carboxylic acids is 2. The van der Waals surface area contributed by atoms with E-state index in [1.807, 2.05) is 19.9 Å². The van der Waals surface area contributed by atoms with Crippen molar-refractivity contribution < 1.29 is 19.5 Å². The van der Waals surface area contributed by atoms with Crippen molar-refractivity contribution in [2.75, 3.05) is 6.54 Å². The molecule has 0 radical (unpaired) electrons. The van der Waals surface area contributed by atoms with Gasteiger partial charge < -0.3 is 15.7 Å². The standard InChI is InChI=1S/C10H18N2O4.C8H10/c1-6(2)4-8(10(15)16)12-9(14)5-11-7(3)13;1-2-8-6-4-3-5-7-8/h6,8H,4-5H2,1-3H3,(H,11,13)(H,12,14)(H,15,16);3-7H,2H2,1H3. The fourth-order valence-electron chi connectivity index (χ4n) is 1.86. The molecule has 1 rings (SSSR count). The van der Waals surface area contributed by atoms with Gasteiger partial charge in [-0.25, -0.2) is 4.79 Å². The number of rotatable bonds is 7. The van der Waals surface area contributed by atoms with Gasteiger partial charge in [0, 0.05) is 6.92 Å². The summed E-state index contributed by atoms with van der Waals surface area (Å²) in [5.74, 6) is -1.72. The summed E-state index contributed by atoms with van der Waals surface area (Å²) in [7, 11) is 0. The van der Waals surface area contributed by atoms with Crippen LogP contribution in [-0.2, 0) is 20.8 Å². The summed E-state index contributed by atoms with van der Waals surface area (Å²) in [6.07, 6.45) is 1.50. The summed E-state index contributed by atoms with van der Waals surface area (Å²) in [5, 5.41) is 13.5. The molecule has 6 nitrogen and oxygen atoms in total. The SMILES string of the molecule is CC(=O)NCC(=O)NC(CC(C)C)C(=O)O.CCc1ccccc1. The normalized spacial score (nSPS) is 11.0. The smallest absolute Gasteiger partial charge is 0.326 e. The van der Waals surface area contributed by atoms with Gasteiger partial charge in [-0.05, 0) is 24.3 Å². The highest BCUT2D eigenvalue weighted by molar-refractivity contribution is 5.87. The number of hydrogen-bond acceptors (Lipinski definition) is 3. The van der Waals surface area contributed by atoms with Crippen molar-refractivity contribution in [1.29, 1.82) is 0 Å². The Labute approximate surface area is 143 Å². The maximum Gasteiger partial charge on any atom is 0.326 e. The zero-order valence-corrected chi connectivity index (χ0v) is 14.8. The molecule has 0 heterocycles. The molecule has 2 amide bonds. The van der Waals surface area contributed by atoms with E-state index >= 15 is 0 Å². The summed E-state index contributed by atoms with van der Waals surface area (Å²) >= 11 is 0. The maximum absolute atomic E-state index is 11.3. The van der Waals surface area contributed by atoms with Gasteiger partial charge >= 0.3 is 5.97 Å². The third kappa shape index (κ3) is 11.2. The van der Waals surface area contributed by atoms with E-state index in [9.17, 15) is 14.4 Å². The topological polar surface area (TPSA) is 95.5 Å². The lowest BCUT2D eigenvalue weighted by atomic mass is 10.0. The van der Waals surface area contributed by atoms with Crippen LogP contribution < -0.4 is 10.6 Å². The minimum atomic E-state index is -1.06. The molecule has 0 aliphatic rings. The van der Waals surface area contributed by atoms with Gasteiger partial charge in [0.1, 0.15) is 6.04 Å². The predicted octanol–water partition coefficient (Wildman–Crippen LogP) is 1.99. The van der Waals surface area contributed by atoms with Gasteiger partial charge in [-0.15, -0.1) is 0 Å². The summed E-state index contributed by atoms with van der Waals surface area (Å²) in [6.45, 7) is 6.99. The van der Waals surface area contributed by atoms with E-state index in [2.05, 4.69) is 41.8 Å². The van der Waals surface area contributed by atoms with Crippen LogP contribution in [0.2, 0.25) is 0 Å². The van der Waals surface area contributed by atoms with Crippen LogP contribution in [-0.4, -0.2) is 35.5 Å². The molecule has 0 aromatic heterocycles. The Bertz CT molecular complexity index is 515. The second-order valence-corrected chi connectivity index (χ2v) is 5.84. The maximum atomic E-state index is 11.3. The molecule has 0 spiro atoms. The van der Waals surface area contributed by atoms with Crippen molar-refractivity contribution in [3.63, 3.8) is 0 Å². The van der Waals surface area contributed by atoms with Crippen LogP contribution in [0.5, 0.6) is 0 Å². The molecule has 0 saturated heterocycles. The molecule has 1 aromatic rings. The highest BCUT2D eigenvalue weighted by atomic mass is 16.4. The molecule has 6 heteroatoms. The minimum absolute atomic E-state index is 0.169. The van der Waals surface area contributed by atoms with E-state index in [1.165, 1.54) is 12.5 Å². The Balaban J connectivity index is 0.000000546. The zero-order chi connectivity index (χ0) is 18.5. The van der Waals surface area contributed by atoms with Crippen molar-refractivity contribution >= 4 is 17.8 Å². The zero-order valence-electron chi connectivity index (χ0n) is 14.8. The van der Waals surface area contributed by atoms with Gasteiger partial charge in [0.2, 0.25) is 11.8 Å². The first-order chi connectivity index (χ1) is 11.3. The Morgan fingerprint density at radius 2 is 1.71 bits per heavy atom. The largest absolute Gasteiger partial charge is 0.480 e. The lowest BCUT2D eigenvalue weighted by molar-refractivity contribution is -0.142. The van der Waals surface area contributed by atoms with Crippen LogP contribution in [0.25, 0.3) is 0 Å². The van der Waals surface area contributed by atoms with Crippen molar-refractivity contribution in [1.82, 2.24) is 10.6 Å². The Kier molecular flexibility index (Phi) is 10.9. The van der Waals surface area contributed by atoms with Crippen LogP contribution in [0, 0.1) is 5.92 Å². The van der Waals surface area contributed by atoms with Crippen molar-refractivity contribution in [2.45, 2.75) is 46.6 Å². The molecule has 24 heavy (non-hydrogen) atoms. The first-order valence-electron chi connectivity index (χ1n) is 8.06. The number of nitrogens with one attached hydrogen (secondary N) is 2. The Morgan fingerprint density at radius 3 is 2.08 bits per heavy atom. The van der Waals surface area contributed by atoms with Gasteiger partial charge in [0.15, 0.2) is 0 Å². The number of benzene rings is 1. The Morgan fingerprint density at radius 1 is 1.12 bits per heavy atom. The molecule has 0 aliphatic carbocycles. The lowest BCUT2D eigenvalue weighted by Crippen LogP contribution is -2.45. The van der Waals surface area contributed by atoms with Crippen molar-refractivity contribution in [2.24, 2.45) is 5.92 Å². The first kappa shape index (κ1) is 21.6. The lowest BCUT2D eigenvalue weighted by Gasteiger charge is -2.16. The fourth-order valence-corrected chi connectivity index (χ4v) is 1.86. The van der Waals surface area contributed by atoms with E-state index in [4.69, 9.17) is 5.11 Å². The van der Waals surface area contributed by atoms with E-state index < -0.39 is 17.9 Å². The number of hydrogen-bond donors (Lipinski definition) is 3. The number of carboxylic acid groups (broad SMARTS) is 1. The van der Waals surface area contributed by atoms with Crippen LogP contribution in [0.3, 0.4) is 0 Å². The molecular weight excluding hydrogens is 308 g/mol. The third-order valence-electron chi connectivity index (χ3n) is 3.09. The second-order valence-electron chi connectivity index (χ2n) is 5.84. The van der Waals surface area contributed by atoms with Crippen LogP contribution in [0.15, 0.2) is 30.3 Å². The molecule has 0 bridgehead atoms. The summed E-state index contributed by atoms with van der Waals surface area (Å²) in [5.41, 5.74) is 1.41. The molecule has 1 aromatic carbocycles. The summed E-state index contributed by atoms with van der Waals surface area (Å²) in [4.78, 5) is 32.6. The number of aliphatic carboxylic acids is 1. The highest BCUT2D eigenvalue weighted by Crippen LogP contribution is 2.04. The monoisotopic (exact) mass is 336 g/mol. The van der Waals surface area contributed by atoms with Crippen LogP contribution in [0.4, 0.5) is 0 Å². The van der Waals surface area contributed by atoms with Crippen molar-refractivity contribution in [3.05, 3.63) is 35.9 Å². The van der Waals surface area contributed by atoms with Gasteiger partial charge in [-0.2, -0.15) is 0 Å². The van der Waals surface area contributed by atoms with Gasteiger partial charge in [-0.3, -0.25) is 9.59 Å². The number of carbonyl (C=O) groups is 3. The molecule has 0 fully saturated rings. The summed E-state index contributed by atoms with van der Waals surface area (Å²) < 4.78 is 0. The number of aryl methyl sites for hydroxylation is 1. The fraction of sp³-hybridized carbons (Fsp3) is 0.500. The van der Waals surface area contributed by atoms with E-state index in [0.717, 1.165) is 6.42 Å². The molecule has 3 N–H and O–H groups in total. The van der Waals surface area contributed by atoms with Crippen LogP contribution in [0.1, 0.15) is 39.7 Å². The van der Waals surface area contributed by atoms with Gasteiger partial charge in [0.05, 0.1) is 6.54 Å². The van der Waals surface area contributed by atoms with Gasteiger partial charge in [0.25, 0.3) is 0 Å². The predicted molar refractivity (Wildman–Crippen MR) is 93.5 cm³/mol.